The van der Waals surface area contributed by atoms with E-state index in [1.165, 1.54) is 21.3 Å². The summed E-state index contributed by atoms with van der Waals surface area (Å²) in [6.07, 6.45) is -5.67. The van der Waals surface area contributed by atoms with Crippen molar-refractivity contribution in [1.82, 2.24) is 0 Å². The van der Waals surface area contributed by atoms with Crippen LogP contribution in [0.2, 0.25) is 0 Å². The molecule has 9 heteroatoms. The number of carbonyl (C=O) groups is 3. The van der Waals surface area contributed by atoms with Gasteiger partial charge in [0.05, 0.1) is 0 Å². The predicted octanol–water partition coefficient (Wildman–Crippen LogP) is 5.89. The Morgan fingerprint density at radius 1 is 0.467 bits per heavy atom. The Hall–Kier alpha value is -4.83. The van der Waals surface area contributed by atoms with Crippen molar-refractivity contribution in [3.63, 3.8) is 0 Å². The van der Waals surface area contributed by atoms with Crippen LogP contribution in [-0.2, 0) is 42.8 Å². The van der Waals surface area contributed by atoms with Crippen LogP contribution >= 0.6 is 0 Å². The highest BCUT2D eigenvalue weighted by Gasteiger charge is 2.37. The molecule has 0 aliphatic heterocycles. The fourth-order valence-electron chi connectivity index (χ4n) is 4.81. The lowest BCUT2D eigenvalue weighted by atomic mass is 10.0. The van der Waals surface area contributed by atoms with Gasteiger partial charge in [0.25, 0.3) is 0 Å². The molecule has 0 spiro atoms. The molecule has 0 unspecified atom stereocenters. The van der Waals surface area contributed by atoms with E-state index in [1.54, 1.807) is 103 Å². The third-order valence-electron chi connectivity index (χ3n) is 7.02. The van der Waals surface area contributed by atoms with Crippen molar-refractivity contribution in [2.75, 3.05) is 27.9 Å². The number of esters is 3. The van der Waals surface area contributed by atoms with E-state index < -0.39 is 55.0 Å². The first kappa shape index (κ1) is 33.1. The van der Waals surface area contributed by atoms with Gasteiger partial charge in [-0.25, -0.2) is 14.4 Å². The third-order valence-corrected chi connectivity index (χ3v) is 7.02. The minimum Gasteiger partial charge on any atom is -0.459 e. The minimum absolute atomic E-state index is 0.460. The number of methoxy groups -OCH3 is 3. The quantitative estimate of drug-likeness (QED) is 0.120. The summed E-state index contributed by atoms with van der Waals surface area (Å²) in [6, 6.07) is 35.2. The standard InChI is InChI=1S/C36H36O9/c1-40-31(26-18-10-5-11-19-26)34(37)43-24-29(44-35(38)32(41-2)27-20-12-6-13-21-27)30(25-16-8-4-9-17-25)45-36(39)33(42-3)28-22-14-7-15-23-28/h4-23,29-33H,24H2,1-3H3/t29-,30+,31-,32-,33-/m0/s1. The summed E-state index contributed by atoms with van der Waals surface area (Å²) >= 11 is 0. The summed E-state index contributed by atoms with van der Waals surface area (Å²) < 4.78 is 34.1. The van der Waals surface area contributed by atoms with Crippen LogP contribution in [0.25, 0.3) is 0 Å². The van der Waals surface area contributed by atoms with Gasteiger partial charge in [-0.3, -0.25) is 0 Å². The average molecular weight is 613 g/mol. The monoisotopic (exact) mass is 612 g/mol. The van der Waals surface area contributed by atoms with Crippen LogP contribution in [0.15, 0.2) is 121 Å². The fourth-order valence-corrected chi connectivity index (χ4v) is 4.81. The Labute approximate surface area is 262 Å². The van der Waals surface area contributed by atoms with Gasteiger partial charge in [-0.05, 0) is 22.3 Å². The number of carbonyl (C=O) groups excluding carboxylic acids is 3. The average Bonchev–Trinajstić information content (AvgIpc) is 3.08. The topological polar surface area (TPSA) is 107 Å². The van der Waals surface area contributed by atoms with Gasteiger partial charge in [-0.1, -0.05) is 121 Å². The molecule has 0 radical (unpaired) electrons. The van der Waals surface area contributed by atoms with Crippen LogP contribution in [0.3, 0.4) is 0 Å². The van der Waals surface area contributed by atoms with E-state index >= 15 is 0 Å². The zero-order valence-electron chi connectivity index (χ0n) is 25.3. The molecule has 0 aliphatic carbocycles. The van der Waals surface area contributed by atoms with Crippen molar-refractivity contribution in [2.45, 2.75) is 30.5 Å². The molecule has 4 rings (SSSR count). The SMILES string of the molecule is CO[C@H](C(=O)OC[C@H](OC(=O)[C@@H](OC)c1ccccc1)[C@H](OC(=O)[C@@H](OC)c1ccccc1)c1ccccc1)c1ccccc1. The smallest absolute Gasteiger partial charge is 0.340 e. The fraction of sp³-hybridized carbons (Fsp3) is 0.250. The van der Waals surface area contributed by atoms with Gasteiger partial charge in [-0.15, -0.1) is 0 Å². The lowest BCUT2D eigenvalue weighted by molar-refractivity contribution is -0.189. The zero-order valence-corrected chi connectivity index (χ0v) is 25.3. The second-order valence-electron chi connectivity index (χ2n) is 9.95. The number of hydrogen-bond acceptors (Lipinski definition) is 9. The normalized spacial score (nSPS) is 14.3. The van der Waals surface area contributed by atoms with Crippen LogP contribution in [0, 0.1) is 0 Å². The largest absolute Gasteiger partial charge is 0.459 e. The number of rotatable bonds is 15. The first-order valence-electron chi connectivity index (χ1n) is 14.3. The van der Waals surface area contributed by atoms with Crippen molar-refractivity contribution in [1.29, 1.82) is 0 Å². The molecule has 0 amide bonds. The first-order valence-corrected chi connectivity index (χ1v) is 14.3. The Morgan fingerprint density at radius 3 is 1.18 bits per heavy atom. The molecule has 0 saturated heterocycles. The molecule has 0 saturated carbocycles. The lowest BCUT2D eigenvalue weighted by Gasteiger charge is -2.30. The Balaban J connectivity index is 1.67. The number of benzene rings is 4. The van der Waals surface area contributed by atoms with Crippen LogP contribution < -0.4 is 0 Å². The van der Waals surface area contributed by atoms with Gasteiger partial charge in [-0.2, -0.15) is 0 Å². The Morgan fingerprint density at radius 2 is 0.800 bits per heavy atom. The highest BCUT2D eigenvalue weighted by molar-refractivity contribution is 5.78. The number of hydrogen-bond donors (Lipinski definition) is 0. The van der Waals surface area contributed by atoms with Gasteiger partial charge in [0, 0.05) is 21.3 Å². The highest BCUT2D eigenvalue weighted by atomic mass is 16.6. The highest BCUT2D eigenvalue weighted by Crippen LogP contribution is 2.30. The molecule has 234 valence electrons. The van der Waals surface area contributed by atoms with Crippen LogP contribution in [-0.4, -0.2) is 51.9 Å². The summed E-state index contributed by atoms with van der Waals surface area (Å²) in [7, 11) is 4.17. The van der Waals surface area contributed by atoms with E-state index in [0.29, 0.717) is 22.3 Å². The van der Waals surface area contributed by atoms with Gasteiger partial charge < -0.3 is 28.4 Å². The molecular weight excluding hydrogens is 576 g/mol. The van der Waals surface area contributed by atoms with Crippen LogP contribution in [0.1, 0.15) is 46.7 Å². The third kappa shape index (κ3) is 8.86. The maximum absolute atomic E-state index is 13.6. The van der Waals surface area contributed by atoms with E-state index in [0.717, 1.165) is 0 Å². The van der Waals surface area contributed by atoms with E-state index in [2.05, 4.69) is 0 Å². The summed E-state index contributed by atoms with van der Waals surface area (Å²) in [4.78, 5) is 40.5. The van der Waals surface area contributed by atoms with Gasteiger partial charge >= 0.3 is 17.9 Å². The summed E-state index contributed by atoms with van der Waals surface area (Å²) in [5.74, 6) is -2.21. The first-order chi connectivity index (χ1) is 22.0. The molecule has 0 aromatic heterocycles. The van der Waals surface area contributed by atoms with E-state index in [-0.39, 0.29) is 0 Å². The van der Waals surface area contributed by atoms with E-state index in [1.807, 2.05) is 18.2 Å². The molecule has 0 bridgehead atoms. The molecule has 0 aliphatic rings. The predicted molar refractivity (Wildman–Crippen MR) is 165 cm³/mol. The van der Waals surface area contributed by atoms with Crippen molar-refractivity contribution in [3.8, 4) is 0 Å². The summed E-state index contributed by atoms with van der Waals surface area (Å²) in [6.45, 7) is -0.460. The molecule has 9 nitrogen and oxygen atoms in total. The van der Waals surface area contributed by atoms with Crippen molar-refractivity contribution in [2.24, 2.45) is 0 Å². The van der Waals surface area contributed by atoms with E-state index in [4.69, 9.17) is 28.4 Å². The number of ether oxygens (including phenoxy) is 6. The molecule has 0 fully saturated rings. The molecule has 0 heterocycles. The van der Waals surface area contributed by atoms with Gasteiger partial charge in [0.15, 0.2) is 30.5 Å². The summed E-state index contributed by atoms with van der Waals surface area (Å²) in [5.41, 5.74) is 2.22. The van der Waals surface area contributed by atoms with Crippen molar-refractivity contribution in [3.05, 3.63) is 144 Å². The Bertz CT molecular complexity index is 1480. The van der Waals surface area contributed by atoms with Crippen LogP contribution in [0.5, 0.6) is 0 Å². The second kappa shape index (κ2) is 16.9. The lowest BCUT2D eigenvalue weighted by Crippen LogP contribution is -2.37. The van der Waals surface area contributed by atoms with Gasteiger partial charge in [0.1, 0.15) is 6.61 Å². The molecular formula is C36H36O9. The van der Waals surface area contributed by atoms with Gasteiger partial charge in [0.2, 0.25) is 0 Å². The Kier molecular flexibility index (Phi) is 12.4. The van der Waals surface area contributed by atoms with Crippen molar-refractivity contribution >= 4 is 17.9 Å². The molecule has 45 heavy (non-hydrogen) atoms. The zero-order chi connectivity index (χ0) is 32.0. The summed E-state index contributed by atoms with van der Waals surface area (Å²) in [5, 5.41) is 0. The molecule has 5 atom stereocenters. The van der Waals surface area contributed by atoms with Crippen LogP contribution in [0.4, 0.5) is 0 Å². The van der Waals surface area contributed by atoms with E-state index in [9.17, 15) is 14.4 Å². The minimum atomic E-state index is -1.28. The molecule has 4 aromatic carbocycles. The second-order valence-corrected chi connectivity index (χ2v) is 9.95. The molecule has 0 N–H and O–H groups in total. The maximum atomic E-state index is 13.6. The molecule has 4 aromatic rings. The van der Waals surface area contributed by atoms with Crippen molar-refractivity contribution < 1.29 is 42.8 Å². The maximum Gasteiger partial charge on any atom is 0.340 e.